The number of rotatable bonds is 4. The summed E-state index contributed by atoms with van der Waals surface area (Å²) in [5, 5.41) is 0. The summed E-state index contributed by atoms with van der Waals surface area (Å²) >= 11 is 0. The van der Waals surface area contributed by atoms with Gasteiger partial charge in [0.2, 0.25) is 5.89 Å². The lowest BCUT2D eigenvalue weighted by Gasteiger charge is -2.27. The summed E-state index contributed by atoms with van der Waals surface area (Å²) in [5.74, 6) is 0.324. The van der Waals surface area contributed by atoms with Gasteiger partial charge in [0.25, 0.3) is 11.5 Å². The van der Waals surface area contributed by atoms with Crippen molar-refractivity contribution in [2.24, 2.45) is 0 Å². The molecule has 1 saturated heterocycles. The second kappa shape index (κ2) is 7.05. The number of methoxy groups -OCH3 is 1. The van der Waals surface area contributed by atoms with E-state index in [2.05, 4.69) is 14.9 Å². The van der Waals surface area contributed by atoms with Crippen LogP contribution in [0, 0.1) is 0 Å². The number of nitrogens with zero attached hydrogens (tertiary/aromatic N) is 3. The number of aromatic nitrogens is 2. The highest BCUT2D eigenvalue weighted by molar-refractivity contribution is 5.92. The van der Waals surface area contributed by atoms with E-state index in [1.807, 2.05) is 6.07 Å². The van der Waals surface area contributed by atoms with Crippen LogP contribution in [0.25, 0.3) is 0 Å². The highest BCUT2D eigenvalue weighted by Gasteiger charge is 2.27. The van der Waals surface area contributed by atoms with Crippen LogP contribution in [0.15, 0.2) is 27.7 Å². The molecule has 4 heterocycles. The molecule has 1 amide bonds. The van der Waals surface area contributed by atoms with Gasteiger partial charge in [-0.3, -0.25) is 14.5 Å². The first-order valence-corrected chi connectivity index (χ1v) is 8.82. The molecule has 2 aliphatic rings. The Morgan fingerprint density at radius 1 is 1.46 bits per heavy atom. The quantitative estimate of drug-likeness (QED) is 0.869. The molecule has 0 aromatic carbocycles. The van der Waals surface area contributed by atoms with Crippen LogP contribution in [-0.2, 0) is 24.2 Å². The number of ether oxygens (including phenoxy) is 1. The van der Waals surface area contributed by atoms with Crippen molar-refractivity contribution in [3.63, 3.8) is 0 Å². The zero-order chi connectivity index (χ0) is 18.1. The number of likely N-dealkylation sites (tertiary alicyclic amines) is 1. The van der Waals surface area contributed by atoms with Crippen LogP contribution >= 0.6 is 0 Å². The number of carbonyl (C=O) groups excluding carboxylic acids is 1. The zero-order valence-corrected chi connectivity index (χ0v) is 14.7. The lowest BCUT2D eigenvalue weighted by atomic mass is 10.0. The fraction of sp³-hybridized carbons (Fsp3) is 0.500. The molecule has 1 atom stereocenters. The van der Waals surface area contributed by atoms with E-state index < -0.39 is 0 Å². The van der Waals surface area contributed by atoms with Crippen molar-refractivity contribution in [2.75, 3.05) is 26.7 Å². The van der Waals surface area contributed by atoms with Crippen molar-refractivity contribution in [2.45, 2.75) is 32.0 Å². The van der Waals surface area contributed by atoms with E-state index in [1.54, 1.807) is 18.2 Å². The van der Waals surface area contributed by atoms with Crippen molar-refractivity contribution in [3.8, 4) is 0 Å². The van der Waals surface area contributed by atoms with Gasteiger partial charge in [0, 0.05) is 38.5 Å². The normalized spacial score (nSPS) is 20.3. The molecule has 0 aliphatic carbocycles. The van der Waals surface area contributed by atoms with E-state index >= 15 is 0 Å². The monoisotopic (exact) mass is 358 g/mol. The van der Waals surface area contributed by atoms with Crippen LogP contribution in [0.1, 0.15) is 33.9 Å². The average molecular weight is 358 g/mol. The predicted octanol–water partition coefficient (Wildman–Crippen LogP) is 0.782. The number of fused-ring (bicyclic) bond motifs is 1. The smallest absolute Gasteiger partial charge is 0.276 e. The summed E-state index contributed by atoms with van der Waals surface area (Å²) in [6, 6.07) is 1.90. The van der Waals surface area contributed by atoms with Gasteiger partial charge >= 0.3 is 0 Å². The number of H-pyrrole nitrogens is 1. The molecule has 26 heavy (non-hydrogen) atoms. The Morgan fingerprint density at radius 3 is 3.15 bits per heavy atom. The Hall–Kier alpha value is -2.45. The van der Waals surface area contributed by atoms with Gasteiger partial charge < -0.3 is 19.0 Å². The molecule has 0 saturated carbocycles. The number of pyridine rings is 1. The highest BCUT2D eigenvalue weighted by Crippen LogP contribution is 2.19. The molecule has 2 aromatic rings. The van der Waals surface area contributed by atoms with Crippen molar-refractivity contribution >= 4 is 5.91 Å². The molecule has 8 heteroatoms. The Balaban J connectivity index is 1.42. The maximum Gasteiger partial charge on any atom is 0.276 e. The first-order valence-electron chi connectivity index (χ1n) is 8.82. The number of aromatic amines is 1. The molecule has 2 aromatic heterocycles. The third-order valence-corrected chi connectivity index (χ3v) is 5.14. The predicted molar refractivity (Wildman–Crippen MR) is 92.7 cm³/mol. The van der Waals surface area contributed by atoms with Crippen LogP contribution in [0.5, 0.6) is 0 Å². The number of hydrogen-bond donors (Lipinski definition) is 1. The maximum atomic E-state index is 12.7. The first-order chi connectivity index (χ1) is 12.6. The second-order valence-electron chi connectivity index (χ2n) is 6.80. The Kier molecular flexibility index (Phi) is 4.60. The van der Waals surface area contributed by atoms with Gasteiger partial charge in [-0.15, -0.1) is 0 Å². The van der Waals surface area contributed by atoms with Crippen molar-refractivity contribution in [1.29, 1.82) is 0 Å². The van der Waals surface area contributed by atoms with Crippen LogP contribution in [0.2, 0.25) is 0 Å². The number of nitrogens with one attached hydrogen (secondary N) is 1. The Morgan fingerprint density at radius 2 is 2.35 bits per heavy atom. The highest BCUT2D eigenvalue weighted by atomic mass is 16.5. The molecule has 8 nitrogen and oxygen atoms in total. The second-order valence-corrected chi connectivity index (χ2v) is 6.80. The summed E-state index contributed by atoms with van der Waals surface area (Å²) in [7, 11) is 1.72. The van der Waals surface area contributed by atoms with Crippen LogP contribution in [0.4, 0.5) is 0 Å². The van der Waals surface area contributed by atoms with E-state index in [0.717, 1.165) is 25.1 Å². The molecule has 2 aliphatic heterocycles. The average Bonchev–Trinajstić information content (AvgIpc) is 3.31. The van der Waals surface area contributed by atoms with E-state index in [-0.39, 0.29) is 17.6 Å². The van der Waals surface area contributed by atoms with Crippen molar-refractivity contribution in [3.05, 3.63) is 51.6 Å². The number of carbonyl (C=O) groups is 1. The fourth-order valence-electron chi connectivity index (χ4n) is 3.63. The summed E-state index contributed by atoms with van der Waals surface area (Å²) < 4.78 is 10.9. The van der Waals surface area contributed by atoms with Gasteiger partial charge in [-0.05, 0) is 24.5 Å². The number of hydrogen-bond acceptors (Lipinski definition) is 6. The summed E-state index contributed by atoms with van der Waals surface area (Å²) in [4.78, 5) is 35.6. The molecule has 1 fully saturated rings. The van der Waals surface area contributed by atoms with Gasteiger partial charge in [-0.25, -0.2) is 4.98 Å². The maximum absolute atomic E-state index is 12.7. The molecular weight excluding hydrogens is 336 g/mol. The minimum Gasteiger partial charge on any atom is -0.447 e. The van der Waals surface area contributed by atoms with E-state index in [0.29, 0.717) is 43.2 Å². The summed E-state index contributed by atoms with van der Waals surface area (Å²) in [6.45, 7) is 3.20. The lowest BCUT2D eigenvalue weighted by Crippen LogP contribution is -2.39. The standard InChI is InChI=1S/C18H22N4O4/c1-25-13-4-6-21(8-13)10-16-20-15(11-26-16)18(24)22-7-3-12-2-5-19-17(23)14(12)9-22/h2,5,11,13H,3-4,6-10H2,1H3,(H,19,23). The van der Waals surface area contributed by atoms with E-state index in [4.69, 9.17) is 9.15 Å². The van der Waals surface area contributed by atoms with Crippen LogP contribution in [-0.4, -0.2) is 58.5 Å². The Bertz CT molecular complexity index is 859. The number of oxazole rings is 1. The molecule has 0 bridgehead atoms. The molecule has 0 spiro atoms. The minimum atomic E-state index is -0.204. The Labute approximate surface area is 150 Å². The van der Waals surface area contributed by atoms with E-state index in [9.17, 15) is 9.59 Å². The minimum absolute atomic E-state index is 0.137. The van der Waals surface area contributed by atoms with Crippen molar-refractivity contribution in [1.82, 2.24) is 19.8 Å². The van der Waals surface area contributed by atoms with Gasteiger partial charge in [0.05, 0.1) is 19.2 Å². The molecule has 1 N–H and O–H groups in total. The summed E-state index contributed by atoms with van der Waals surface area (Å²) in [5.41, 5.74) is 1.81. The zero-order valence-electron chi connectivity index (χ0n) is 14.7. The first kappa shape index (κ1) is 17.0. The topological polar surface area (TPSA) is 91.7 Å². The third kappa shape index (κ3) is 3.30. The van der Waals surface area contributed by atoms with Gasteiger partial charge in [-0.1, -0.05) is 0 Å². The summed E-state index contributed by atoms with van der Waals surface area (Å²) in [6.07, 6.45) is 4.96. The lowest BCUT2D eigenvalue weighted by molar-refractivity contribution is 0.0727. The largest absolute Gasteiger partial charge is 0.447 e. The molecule has 1 unspecified atom stereocenters. The van der Waals surface area contributed by atoms with Gasteiger partial charge in [-0.2, -0.15) is 0 Å². The third-order valence-electron chi connectivity index (χ3n) is 5.14. The van der Waals surface area contributed by atoms with E-state index in [1.165, 1.54) is 6.26 Å². The molecule has 138 valence electrons. The van der Waals surface area contributed by atoms with Crippen molar-refractivity contribution < 1.29 is 13.9 Å². The molecule has 0 radical (unpaired) electrons. The fourth-order valence-corrected chi connectivity index (χ4v) is 3.63. The molecular formula is C18H22N4O4. The van der Waals surface area contributed by atoms with Gasteiger partial charge in [0.15, 0.2) is 5.69 Å². The number of amides is 1. The molecule has 4 rings (SSSR count). The van der Waals surface area contributed by atoms with Crippen LogP contribution < -0.4 is 5.56 Å². The van der Waals surface area contributed by atoms with Gasteiger partial charge in [0.1, 0.15) is 6.26 Å². The SMILES string of the molecule is COC1CCN(Cc2nc(C(=O)N3CCc4cc[nH]c(=O)c4C3)co2)C1. The van der Waals surface area contributed by atoms with Crippen LogP contribution in [0.3, 0.4) is 0 Å².